The Bertz CT molecular complexity index is 1370. The van der Waals surface area contributed by atoms with Gasteiger partial charge in [0.15, 0.2) is 11.5 Å². The molecule has 36 heavy (non-hydrogen) atoms. The zero-order valence-corrected chi connectivity index (χ0v) is 20.6. The number of esters is 1. The molecule has 2 aromatic rings. The molecule has 1 aliphatic heterocycles. The second kappa shape index (κ2) is 9.47. The Morgan fingerprint density at radius 2 is 2.14 bits per heavy atom. The number of hydrogen-bond donors (Lipinski definition) is 1. The maximum absolute atomic E-state index is 13.2. The molecule has 1 atom stereocenters. The third-order valence-electron chi connectivity index (χ3n) is 5.88. The molecule has 2 aliphatic rings. The number of nitrogens with two attached hydrogens (primary N) is 1. The van der Waals surface area contributed by atoms with Gasteiger partial charge in [0.2, 0.25) is 11.6 Å². The predicted molar refractivity (Wildman–Crippen MR) is 129 cm³/mol. The van der Waals surface area contributed by atoms with Gasteiger partial charge in [-0.25, -0.2) is 4.79 Å². The highest BCUT2D eigenvalue weighted by molar-refractivity contribution is 7.12. The van der Waals surface area contributed by atoms with Gasteiger partial charge in [-0.15, -0.1) is 11.3 Å². The summed E-state index contributed by atoms with van der Waals surface area (Å²) in [6, 6.07) is 7.79. The highest BCUT2D eigenvalue weighted by Gasteiger charge is 2.44. The molecule has 0 saturated carbocycles. The van der Waals surface area contributed by atoms with Gasteiger partial charge in [-0.2, -0.15) is 5.26 Å². The number of nitro groups is 1. The summed E-state index contributed by atoms with van der Waals surface area (Å²) < 4.78 is 16.7. The predicted octanol–water partition coefficient (Wildman–Crippen LogP) is 4.73. The number of nitriles is 1. The maximum Gasteiger partial charge on any atom is 0.354 e. The topological polar surface area (TPSA) is 155 Å². The molecule has 0 radical (unpaired) electrons. The van der Waals surface area contributed by atoms with E-state index in [4.69, 9.17) is 19.9 Å². The Hall–Kier alpha value is -4.17. The molecule has 0 spiro atoms. The first-order valence-corrected chi connectivity index (χ1v) is 12.0. The maximum atomic E-state index is 13.2. The number of carbonyl (C=O) groups excluding carboxylic acids is 2. The Morgan fingerprint density at radius 1 is 1.39 bits per heavy atom. The molecule has 1 aromatic carbocycles. The van der Waals surface area contributed by atoms with Crippen LogP contribution < -0.4 is 15.2 Å². The summed E-state index contributed by atoms with van der Waals surface area (Å²) >= 11 is 1.13. The highest BCUT2D eigenvalue weighted by Crippen LogP contribution is 2.50. The van der Waals surface area contributed by atoms with Crippen LogP contribution in [0, 0.1) is 26.9 Å². The van der Waals surface area contributed by atoms with Gasteiger partial charge >= 0.3 is 11.7 Å². The summed E-state index contributed by atoms with van der Waals surface area (Å²) in [6.07, 6.45) is 0.613. The third-order valence-corrected chi connectivity index (χ3v) is 6.73. The lowest BCUT2D eigenvalue weighted by Crippen LogP contribution is -2.33. The summed E-state index contributed by atoms with van der Waals surface area (Å²) in [7, 11) is 0. The van der Waals surface area contributed by atoms with Crippen molar-refractivity contribution in [2.75, 3.05) is 6.61 Å². The van der Waals surface area contributed by atoms with Crippen LogP contribution in [0.25, 0.3) is 0 Å². The molecule has 1 aliphatic carbocycles. The van der Waals surface area contributed by atoms with Crippen molar-refractivity contribution in [3.8, 4) is 17.6 Å². The van der Waals surface area contributed by atoms with E-state index in [-0.39, 0.29) is 63.2 Å². The Labute approximate surface area is 210 Å². The Balaban J connectivity index is 1.90. The molecule has 186 valence electrons. The molecule has 0 fully saturated rings. The average Bonchev–Trinajstić information content (AvgIpc) is 3.33. The van der Waals surface area contributed by atoms with Crippen molar-refractivity contribution < 1.29 is 28.7 Å². The van der Waals surface area contributed by atoms with Crippen molar-refractivity contribution >= 4 is 28.8 Å². The fourth-order valence-electron chi connectivity index (χ4n) is 4.43. The zero-order valence-electron chi connectivity index (χ0n) is 19.8. The first kappa shape index (κ1) is 24.9. The van der Waals surface area contributed by atoms with E-state index in [0.29, 0.717) is 12.2 Å². The summed E-state index contributed by atoms with van der Waals surface area (Å²) in [6.45, 7) is 5.62. The third kappa shape index (κ3) is 4.55. The molecule has 2 N–H and O–H groups in total. The molecular formula is C25H23N3O7S. The molecule has 0 bridgehead atoms. The molecule has 1 aromatic heterocycles. The minimum absolute atomic E-state index is 0.0399. The number of Topliss-reactive ketones (excluding diaryl/α,β-unsaturated/α-hetero) is 1. The van der Waals surface area contributed by atoms with Gasteiger partial charge in [-0.3, -0.25) is 14.9 Å². The van der Waals surface area contributed by atoms with E-state index in [1.807, 2.05) is 19.9 Å². The molecule has 4 rings (SSSR count). The van der Waals surface area contributed by atoms with Crippen LogP contribution in [0.15, 0.2) is 52.4 Å². The van der Waals surface area contributed by atoms with E-state index in [1.54, 1.807) is 18.4 Å². The number of allylic oxidation sites excluding steroid dienone is 3. The number of hydrogen-bond acceptors (Lipinski definition) is 10. The number of nitrogens with zero attached hydrogens (tertiary/aromatic N) is 2. The first-order valence-electron chi connectivity index (χ1n) is 11.1. The number of carbonyl (C=O) groups is 2. The van der Waals surface area contributed by atoms with Gasteiger partial charge in [0.25, 0.3) is 0 Å². The van der Waals surface area contributed by atoms with E-state index in [1.165, 1.54) is 18.2 Å². The number of ketones is 1. The van der Waals surface area contributed by atoms with Gasteiger partial charge in [0.05, 0.1) is 17.4 Å². The van der Waals surface area contributed by atoms with Crippen molar-refractivity contribution in [3.63, 3.8) is 0 Å². The normalized spacial score (nSPS) is 18.7. The van der Waals surface area contributed by atoms with Gasteiger partial charge in [-0.05, 0) is 35.4 Å². The van der Waals surface area contributed by atoms with E-state index >= 15 is 0 Å². The highest BCUT2D eigenvalue weighted by atomic mass is 32.1. The molecule has 0 saturated heterocycles. The van der Waals surface area contributed by atoms with Crippen LogP contribution in [0.3, 0.4) is 0 Å². The molecule has 11 heteroatoms. The van der Waals surface area contributed by atoms with Crippen molar-refractivity contribution in [3.05, 3.63) is 73.0 Å². The minimum atomic E-state index is -0.998. The summed E-state index contributed by atoms with van der Waals surface area (Å²) in [5.41, 5.74) is 5.55. The van der Waals surface area contributed by atoms with E-state index in [0.717, 1.165) is 11.3 Å². The second-order valence-electron chi connectivity index (χ2n) is 9.13. The summed E-state index contributed by atoms with van der Waals surface area (Å²) in [5.74, 6) is -2.27. The Kier molecular flexibility index (Phi) is 6.56. The van der Waals surface area contributed by atoms with E-state index in [2.05, 4.69) is 0 Å². The van der Waals surface area contributed by atoms with Crippen LogP contribution in [-0.2, 0) is 9.53 Å². The lowest BCUT2D eigenvalue weighted by molar-refractivity contribution is -0.385. The second-order valence-corrected chi connectivity index (χ2v) is 10.1. The summed E-state index contributed by atoms with van der Waals surface area (Å²) in [5, 5.41) is 23.6. The van der Waals surface area contributed by atoms with Crippen LogP contribution in [0.2, 0.25) is 0 Å². The van der Waals surface area contributed by atoms with Gasteiger partial charge < -0.3 is 19.9 Å². The number of ether oxygens (including phenoxy) is 3. The van der Waals surface area contributed by atoms with Crippen LogP contribution >= 0.6 is 11.3 Å². The van der Waals surface area contributed by atoms with Crippen LogP contribution in [0.4, 0.5) is 5.69 Å². The Morgan fingerprint density at radius 3 is 2.75 bits per heavy atom. The monoisotopic (exact) mass is 509 g/mol. The van der Waals surface area contributed by atoms with E-state index in [9.17, 15) is 25.0 Å². The van der Waals surface area contributed by atoms with Gasteiger partial charge in [-0.1, -0.05) is 19.9 Å². The van der Waals surface area contributed by atoms with Crippen LogP contribution in [-0.4, -0.2) is 23.3 Å². The van der Waals surface area contributed by atoms with Crippen molar-refractivity contribution in [1.82, 2.24) is 0 Å². The largest absolute Gasteiger partial charge is 0.490 e. The smallest absolute Gasteiger partial charge is 0.354 e. The zero-order chi connectivity index (χ0) is 26.2. The van der Waals surface area contributed by atoms with E-state index < -0.39 is 22.5 Å². The SMILES string of the molecule is CCOc1cc(C2C(C#N)=C(N)OC3=C2C(=O)CC(C)(C)C3)cc([N+](=O)[O-])c1OC(=O)c1cccs1. The lowest BCUT2D eigenvalue weighted by atomic mass is 9.70. The molecule has 1 unspecified atom stereocenters. The first-order chi connectivity index (χ1) is 17.1. The lowest BCUT2D eigenvalue weighted by Gasteiger charge is -2.37. The summed E-state index contributed by atoms with van der Waals surface area (Å²) in [4.78, 5) is 37.5. The number of rotatable bonds is 6. The standard InChI is InChI=1S/C25H23N3O7S/c1-4-33-17-9-13(8-15(28(31)32)22(17)35-24(30)19-6-5-7-36-19)20-14(12-26)23(27)34-18-11-25(2,3)10-16(29)21(18)20/h5-9,20H,4,10-11,27H2,1-3H3. The van der Waals surface area contributed by atoms with Crippen molar-refractivity contribution in [2.24, 2.45) is 11.1 Å². The number of thiophene rings is 1. The molecule has 2 heterocycles. The van der Waals surface area contributed by atoms with Crippen molar-refractivity contribution in [1.29, 1.82) is 5.26 Å². The van der Waals surface area contributed by atoms with Gasteiger partial charge in [0.1, 0.15) is 22.3 Å². The average molecular weight is 510 g/mol. The van der Waals surface area contributed by atoms with Crippen molar-refractivity contribution in [2.45, 2.75) is 39.5 Å². The molecule has 0 amide bonds. The molecular weight excluding hydrogens is 486 g/mol. The van der Waals surface area contributed by atoms with Gasteiger partial charge in [0, 0.05) is 24.5 Å². The van der Waals surface area contributed by atoms with Crippen LogP contribution in [0.5, 0.6) is 11.5 Å². The fraction of sp³-hybridized carbons (Fsp3) is 0.320. The number of benzene rings is 1. The quantitative estimate of drug-likeness (QED) is 0.252. The van der Waals surface area contributed by atoms with Crippen LogP contribution in [0.1, 0.15) is 54.8 Å². The fourth-order valence-corrected chi connectivity index (χ4v) is 5.03. The molecule has 10 nitrogen and oxygen atoms in total. The minimum Gasteiger partial charge on any atom is -0.490 e. The number of nitro benzene ring substituents is 1.